The van der Waals surface area contributed by atoms with Crippen LogP contribution in [-0.2, 0) is 11.2 Å². The number of amides is 1. The Kier molecular flexibility index (Phi) is 6.26. The first-order valence-corrected chi connectivity index (χ1v) is 10.7. The van der Waals surface area contributed by atoms with Crippen molar-refractivity contribution in [3.8, 4) is 11.3 Å². The molecule has 33 heavy (non-hydrogen) atoms. The smallest absolute Gasteiger partial charge is 0.475 e. The van der Waals surface area contributed by atoms with Crippen LogP contribution in [-0.4, -0.2) is 45.7 Å². The Balaban J connectivity index is 0.000000325. The van der Waals surface area contributed by atoms with Gasteiger partial charge in [-0.1, -0.05) is 31.0 Å². The number of fused-ring (bicyclic) bond motifs is 2. The number of aromatic nitrogens is 2. The molecule has 10 heteroatoms. The van der Waals surface area contributed by atoms with Gasteiger partial charge in [0.05, 0.1) is 11.1 Å². The fourth-order valence-electron chi connectivity index (χ4n) is 4.16. The molecule has 0 atom stereocenters. The van der Waals surface area contributed by atoms with Crippen LogP contribution in [0.4, 0.5) is 19.0 Å². The summed E-state index contributed by atoms with van der Waals surface area (Å²) in [7, 11) is 0. The predicted molar refractivity (Wildman–Crippen MR) is 117 cm³/mol. The lowest BCUT2D eigenvalue weighted by Gasteiger charge is -2.14. The van der Waals surface area contributed by atoms with Crippen molar-refractivity contribution in [1.29, 1.82) is 0 Å². The second kappa shape index (κ2) is 9.13. The van der Waals surface area contributed by atoms with E-state index in [0.717, 1.165) is 45.7 Å². The summed E-state index contributed by atoms with van der Waals surface area (Å²) in [5.41, 5.74) is 4.74. The number of para-hydroxylation sites is 1. The molecule has 1 saturated carbocycles. The average Bonchev–Trinajstić information content (AvgIpc) is 3.43. The second-order valence-corrected chi connectivity index (χ2v) is 8.08. The van der Waals surface area contributed by atoms with Crippen molar-refractivity contribution < 1.29 is 27.9 Å². The predicted octanol–water partition coefficient (Wildman–Crippen LogP) is 4.50. The molecule has 0 radical (unpaired) electrons. The number of carboxylic acid groups (broad SMARTS) is 1. The van der Waals surface area contributed by atoms with E-state index in [0.29, 0.717) is 12.6 Å². The van der Waals surface area contributed by atoms with E-state index in [1.807, 2.05) is 12.1 Å². The van der Waals surface area contributed by atoms with Crippen LogP contribution in [0, 0.1) is 0 Å². The van der Waals surface area contributed by atoms with Crippen molar-refractivity contribution in [2.75, 3.05) is 11.9 Å². The van der Waals surface area contributed by atoms with Gasteiger partial charge in [-0.3, -0.25) is 4.79 Å². The molecule has 0 bridgehead atoms. The van der Waals surface area contributed by atoms with Gasteiger partial charge >= 0.3 is 12.1 Å². The van der Waals surface area contributed by atoms with Gasteiger partial charge in [0.2, 0.25) is 0 Å². The van der Waals surface area contributed by atoms with Crippen LogP contribution < -0.4 is 10.6 Å². The number of H-pyrrole nitrogens is 1. The average molecular weight is 460 g/mol. The van der Waals surface area contributed by atoms with Crippen LogP contribution in [0.15, 0.2) is 36.4 Å². The van der Waals surface area contributed by atoms with Crippen molar-refractivity contribution in [2.45, 2.75) is 44.3 Å². The minimum Gasteiger partial charge on any atom is -0.475 e. The highest BCUT2D eigenvalue weighted by Gasteiger charge is 2.38. The monoisotopic (exact) mass is 460 g/mol. The van der Waals surface area contributed by atoms with Crippen molar-refractivity contribution in [3.63, 3.8) is 0 Å². The van der Waals surface area contributed by atoms with E-state index in [-0.39, 0.29) is 5.91 Å². The molecule has 4 N–H and O–H groups in total. The Morgan fingerprint density at radius 2 is 1.85 bits per heavy atom. The highest BCUT2D eigenvalue weighted by molar-refractivity contribution is 6.00. The number of hydrogen-bond acceptors (Lipinski definition) is 4. The van der Waals surface area contributed by atoms with Gasteiger partial charge in [-0.05, 0) is 31.0 Å². The van der Waals surface area contributed by atoms with E-state index in [1.165, 1.54) is 25.7 Å². The van der Waals surface area contributed by atoms with E-state index in [1.54, 1.807) is 0 Å². The zero-order valence-corrected chi connectivity index (χ0v) is 17.6. The quantitative estimate of drug-likeness (QED) is 0.460. The van der Waals surface area contributed by atoms with Gasteiger partial charge < -0.3 is 20.7 Å². The van der Waals surface area contributed by atoms with Gasteiger partial charge in [0.25, 0.3) is 5.91 Å². The van der Waals surface area contributed by atoms with Crippen molar-refractivity contribution in [1.82, 2.24) is 15.3 Å². The van der Waals surface area contributed by atoms with Crippen LogP contribution in [0.5, 0.6) is 0 Å². The normalized spacial score (nSPS) is 16.0. The molecule has 7 nitrogen and oxygen atoms in total. The van der Waals surface area contributed by atoms with E-state index >= 15 is 0 Å². The van der Waals surface area contributed by atoms with Gasteiger partial charge in [-0.2, -0.15) is 13.2 Å². The van der Waals surface area contributed by atoms with Gasteiger partial charge in [-0.15, -0.1) is 0 Å². The zero-order chi connectivity index (χ0) is 23.6. The number of rotatable bonds is 3. The number of nitrogens with zero attached hydrogens (tertiary/aromatic N) is 1. The highest BCUT2D eigenvalue weighted by Crippen LogP contribution is 2.31. The molecule has 0 unspecified atom stereocenters. The number of carboxylic acids is 1. The number of halogens is 3. The molecule has 2 aromatic heterocycles. The lowest BCUT2D eigenvalue weighted by Crippen LogP contribution is -2.31. The third kappa shape index (κ3) is 5.10. The molecule has 1 aromatic carbocycles. The molecule has 3 aromatic rings. The Morgan fingerprint density at radius 1 is 1.12 bits per heavy atom. The van der Waals surface area contributed by atoms with E-state index in [9.17, 15) is 18.0 Å². The molecule has 1 fully saturated rings. The number of pyridine rings is 1. The molecule has 174 valence electrons. The third-order valence-corrected chi connectivity index (χ3v) is 5.76. The van der Waals surface area contributed by atoms with Gasteiger partial charge in [0.1, 0.15) is 5.82 Å². The molecular weight excluding hydrogens is 437 g/mol. The Bertz CT molecular complexity index is 1180. The minimum atomic E-state index is -5.08. The maximum Gasteiger partial charge on any atom is 0.490 e. The van der Waals surface area contributed by atoms with E-state index in [2.05, 4.69) is 39.9 Å². The van der Waals surface area contributed by atoms with Gasteiger partial charge in [-0.25, -0.2) is 9.78 Å². The lowest BCUT2D eigenvalue weighted by atomic mass is 10.1. The van der Waals surface area contributed by atoms with E-state index < -0.39 is 12.1 Å². The van der Waals surface area contributed by atoms with Crippen molar-refractivity contribution >= 4 is 28.6 Å². The SMILES string of the molecule is O=C(O)C(F)(F)F.O=C1NCCc2[nH]c(-c3cccc4ccc(NC5CCCC5)nc34)cc21. The summed E-state index contributed by atoms with van der Waals surface area (Å²) in [4.78, 5) is 29.3. The molecule has 2 aliphatic rings. The minimum absolute atomic E-state index is 0.00512. The van der Waals surface area contributed by atoms with Gasteiger partial charge in [0.15, 0.2) is 0 Å². The Hall–Kier alpha value is -3.56. The number of carbonyl (C=O) groups excluding carboxylic acids is 1. The summed E-state index contributed by atoms with van der Waals surface area (Å²) in [5, 5.41) is 14.7. The molecule has 1 amide bonds. The van der Waals surface area contributed by atoms with Crippen LogP contribution >= 0.6 is 0 Å². The summed E-state index contributed by atoms with van der Waals surface area (Å²) in [6.07, 6.45) is 0.798. The second-order valence-electron chi connectivity index (χ2n) is 8.08. The zero-order valence-electron chi connectivity index (χ0n) is 17.6. The number of alkyl halides is 3. The van der Waals surface area contributed by atoms with Crippen LogP contribution in [0.2, 0.25) is 0 Å². The summed E-state index contributed by atoms with van der Waals surface area (Å²) >= 11 is 0. The summed E-state index contributed by atoms with van der Waals surface area (Å²) in [6.45, 7) is 0.690. The van der Waals surface area contributed by atoms with Crippen LogP contribution in [0.25, 0.3) is 22.2 Å². The summed E-state index contributed by atoms with van der Waals surface area (Å²) in [6, 6.07) is 12.9. The Morgan fingerprint density at radius 3 is 2.52 bits per heavy atom. The summed E-state index contributed by atoms with van der Waals surface area (Å²) < 4.78 is 31.7. The van der Waals surface area contributed by atoms with Crippen LogP contribution in [0.3, 0.4) is 0 Å². The number of nitrogens with one attached hydrogen (secondary N) is 3. The molecule has 0 spiro atoms. The maximum atomic E-state index is 12.1. The first kappa shape index (κ1) is 22.6. The van der Waals surface area contributed by atoms with Crippen molar-refractivity contribution in [2.24, 2.45) is 0 Å². The first-order chi connectivity index (χ1) is 15.7. The molecular formula is C23H23F3N4O3. The van der Waals surface area contributed by atoms with Crippen molar-refractivity contribution in [3.05, 3.63) is 47.7 Å². The highest BCUT2D eigenvalue weighted by atomic mass is 19.4. The number of benzene rings is 1. The molecule has 5 rings (SSSR count). The molecule has 3 heterocycles. The summed E-state index contributed by atoms with van der Waals surface area (Å²) in [5.74, 6) is -1.82. The molecule has 1 aliphatic carbocycles. The fraction of sp³-hybridized carbons (Fsp3) is 0.348. The molecule has 0 saturated heterocycles. The Labute approximate surface area is 187 Å². The topological polar surface area (TPSA) is 107 Å². The van der Waals surface area contributed by atoms with Crippen LogP contribution in [0.1, 0.15) is 41.7 Å². The number of carbonyl (C=O) groups is 2. The number of aliphatic carboxylic acids is 1. The third-order valence-electron chi connectivity index (χ3n) is 5.76. The number of aromatic amines is 1. The van der Waals surface area contributed by atoms with Gasteiger partial charge in [0, 0.05) is 41.3 Å². The first-order valence-electron chi connectivity index (χ1n) is 10.7. The maximum absolute atomic E-state index is 12.1. The largest absolute Gasteiger partial charge is 0.490 e. The fourth-order valence-corrected chi connectivity index (χ4v) is 4.16. The standard InChI is InChI=1S/C21H22N4O.C2HF3O2/c26-21-16-12-18(24-17(16)10-11-22-21)15-7-3-4-13-8-9-19(25-20(13)15)23-14-5-1-2-6-14;3-2(4,5)1(6)7/h3-4,7-9,12,14,24H,1-2,5-6,10-11H2,(H,22,26)(H,23,25);(H,6,7). The lowest BCUT2D eigenvalue weighted by molar-refractivity contribution is -0.192. The molecule has 1 aliphatic heterocycles. The number of hydrogen-bond donors (Lipinski definition) is 4. The number of anilines is 1. The van der Waals surface area contributed by atoms with E-state index in [4.69, 9.17) is 14.9 Å².